The maximum atomic E-state index is 10.7. The molecule has 1 rings (SSSR count). The Morgan fingerprint density at radius 3 is 2.79 bits per heavy atom. The van der Waals surface area contributed by atoms with E-state index in [9.17, 15) is 15.0 Å². The van der Waals surface area contributed by atoms with E-state index in [0.29, 0.717) is 0 Å². The third-order valence-corrected chi connectivity index (χ3v) is 1.98. The van der Waals surface area contributed by atoms with Gasteiger partial charge in [0, 0.05) is 12.1 Å². The lowest BCUT2D eigenvalue weighted by molar-refractivity contribution is 0.0142. The predicted molar refractivity (Wildman–Crippen MR) is 51.2 cm³/mol. The molecule has 78 valence electrons. The summed E-state index contributed by atoms with van der Waals surface area (Å²) in [5.74, 6) is 0.252. The Morgan fingerprint density at radius 2 is 2.29 bits per heavy atom. The fourth-order valence-corrected chi connectivity index (χ4v) is 1.20. The van der Waals surface area contributed by atoms with Gasteiger partial charge in [0.1, 0.15) is 6.10 Å². The van der Waals surface area contributed by atoms with Crippen LogP contribution in [0.25, 0.3) is 0 Å². The number of H-pyrrole nitrogens is 1. The molecular formula is C8H11ClN2O3. The van der Waals surface area contributed by atoms with Crippen molar-refractivity contribution in [3.8, 4) is 0 Å². The van der Waals surface area contributed by atoms with Gasteiger partial charge in [0.25, 0.3) is 5.56 Å². The van der Waals surface area contributed by atoms with Crippen molar-refractivity contribution in [2.75, 3.05) is 5.88 Å². The van der Waals surface area contributed by atoms with Crippen LogP contribution >= 0.6 is 11.6 Å². The van der Waals surface area contributed by atoms with Crippen molar-refractivity contribution in [2.45, 2.75) is 18.6 Å². The molecule has 1 aromatic heterocycles. The fraction of sp³-hybridized carbons (Fsp3) is 0.500. The molecule has 0 amide bonds. The largest absolute Gasteiger partial charge is 0.390 e. The first kappa shape index (κ1) is 11.2. The summed E-state index contributed by atoms with van der Waals surface area (Å²) in [7, 11) is 0. The average molecular weight is 219 g/mol. The first-order chi connectivity index (χ1) is 6.65. The second kappa shape index (κ2) is 5.09. The van der Waals surface area contributed by atoms with E-state index in [2.05, 4.69) is 9.97 Å². The van der Waals surface area contributed by atoms with Crippen molar-refractivity contribution in [3.05, 3.63) is 28.4 Å². The highest BCUT2D eigenvalue weighted by atomic mass is 35.5. The Labute approximate surface area is 85.4 Å². The Morgan fingerprint density at radius 1 is 1.57 bits per heavy atom. The van der Waals surface area contributed by atoms with Crippen molar-refractivity contribution in [1.82, 2.24) is 9.97 Å². The minimum atomic E-state index is -1.12. The minimum Gasteiger partial charge on any atom is -0.390 e. The molecule has 0 saturated carbocycles. The number of hydrogen-bond donors (Lipinski definition) is 3. The molecule has 0 aliphatic heterocycles. The fourth-order valence-electron chi connectivity index (χ4n) is 0.981. The number of hydrogen-bond acceptors (Lipinski definition) is 4. The zero-order valence-corrected chi connectivity index (χ0v) is 8.11. The third-order valence-electron chi connectivity index (χ3n) is 1.77. The van der Waals surface area contributed by atoms with Gasteiger partial charge in [-0.05, 0) is 6.42 Å². The van der Waals surface area contributed by atoms with E-state index in [-0.39, 0.29) is 23.6 Å². The van der Waals surface area contributed by atoms with E-state index in [4.69, 9.17) is 11.6 Å². The number of aromatic nitrogens is 2. The maximum absolute atomic E-state index is 10.7. The highest BCUT2D eigenvalue weighted by molar-refractivity contribution is 6.17. The Balaban J connectivity index is 2.73. The summed E-state index contributed by atoms with van der Waals surface area (Å²) in [5.41, 5.74) is -0.130. The van der Waals surface area contributed by atoms with Crippen LogP contribution in [-0.2, 0) is 0 Å². The molecule has 1 heterocycles. The minimum absolute atomic E-state index is 0.224. The van der Waals surface area contributed by atoms with Crippen molar-refractivity contribution in [1.29, 1.82) is 0 Å². The lowest BCUT2D eigenvalue weighted by Crippen LogP contribution is -2.21. The average Bonchev–Trinajstić information content (AvgIpc) is 2.18. The standard InChI is InChI=1S/C8H11ClN2O3/c9-2-1-6(12)8(14)5-3-11-7(13)4-10-5/h3-4,6,8,12,14H,1-2H2,(H,11,13). The first-order valence-electron chi connectivity index (χ1n) is 4.12. The molecule has 0 bridgehead atoms. The molecule has 0 aliphatic rings. The summed E-state index contributed by atoms with van der Waals surface area (Å²) >= 11 is 5.40. The Hall–Kier alpha value is -0.910. The molecule has 5 nitrogen and oxygen atoms in total. The number of halogens is 1. The maximum Gasteiger partial charge on any atom is 0.266 e. The smallest absolute Gasteiger partial charge is 0.266 e. The quantitative estimate of drug-likeness (QED) is 0.611. The van der Waals surface area contributed by atoms with Crippen molar-refractivity contribution in [3.63, 3.8) is 0 Å². The third kappa shape index (κ3) is 2.80. The molecule has 0 fully saturated rings. The summed E-state index contributed by atoms with van der Waals surface area (Å²) < 4.78 is 0. The van der Waals surface area contributed by atoms with Crippen LogP contribution in [0.2, 0.25) is 0 Å². The van der Waals surface area contributed by atoms with E-state index < -0.39 is 12.2 Å². The number of nitrogens with zero attached hydrogens (tertiary/aromatic N) is 1. The molecular weight excluding hydrogens is 208 g/mol. The van der Waals surface area contributed by atoms with Crippen LogP contribution in [0.1, 0.15) is 18.2 Å². The van der Waals surface area contributed by atoms with Gasteiger partial charge in [0.05, 0.1) is 18.0 Å². The molecule has 0 saturated heterocycles. The van der Waals surface area contributed by atoms with Gasteiger partial charge in [-0.3, -0.25) is 9.78 Å². The van der Waals surface area contributed by atoms with Gasteiger partial charge in [0.2, 0.25) is 0 Å². The van der Waals surface area contributed by atoms with Crippen molar-refractivity contribution >= 4 is 11.6 Å². The van der Waals surface area contributed by atoms with Crippen LogP contribution in [0.4, 0.5) is 0 Å². The molecule has 3 N–H and O–H groups in total. The number of nitrogens with one attached hydrogen (secondary N) is 1. The van der Waals surface area contributed by atoms with Crippen LogP contribution in [0.5, 0.6) is 0 Å². The van der Waals surface area contributed by atoms with Crippen LogP contribution in [0, 0.1) is 0 Å². The molecule has 0 aromatic carbocycles. The van der Waals surface area contributed by atoms with Crippen LogP contribution in [-0.4, -0.2) is 32.2 Å². The molecule has 0 spiro atoms. The summed E-state index contributed by atoms with van der Waals surface area (Å²) in [4.78, 5) is 16.7. The van der Waals surface area contributed by atoms with E-state index in [0.717, 1.165) is 6.20 Å². The first-order valence-corrected chi connectivity index (χ1v) is 4.65. The van der Waals surface area contributed by atoms with E-state index >= 15 is 0 Å². The highest BCUT2D eigenvalue weighted by Crippen LogP contribution is 2.15. The predicted octanol–water partition coefficient (Wildman–Crippen LogP) is -0.207. The molecule has 2 atom stereocenters. The monoisotopic (exact) mass is 218 g/mol. The second-order valence-corrected chi connectivity index (χ2v) is 3.20. The highest BCUT2D eigenvalue weighted by Gasteiger charge is 2.18. The van der Waals surface area contributed by atoms with Gasteiger partial charge in [-0.15, -0.1) is 11.6 Å². The Bertz CT molecular complexity index is 321. The van der Waals surface area contributed by atoms with Gasteiger partial charge in [-0.1, -0.05) is 0 Å². The Kier molecular flexibility index (Phi) is 4.06. The molecule has 2 unspecified atom stereocenters. The van der Waals surface area contributed by atoms with Crippen LogP contribution < -0.4 is 5.56 Å². The molecule has 1 aromatic rings. The normalized spacial score (nSPS) is 15.1. The van der Waals surface area contributed by atoms with E-state index in [1.54, 1.807) is 0 Å². The van der Waals surface area contributed by atoms with E-state index in [1.165, 1.54) is 6.20 Å². The molecule has 0 aliphatic carbocycles. The summed E-state index contributed by atoms with van der Waals surface area (Å²) in [6, 6.07) is 0. The topological polar surface area (TPSA) is 86.2 Å². The van der Waals surface area contributed by atoms with Gasteiger partial charge in [-0.25, -0.2) is 0 Å². The SMILES string of the molecule is O=c1cnc(C(O)C(O)CCCl)c[nH]1. The lowest BCUT2D eigenvalue weighted by atomic mass is 10.1. The van der Waals surface area contributed by atoms with Crippen LogP contribution in [0.15, 0.2) is 17.2 Å². The van der Waals surface area contributed by atoms with Gasteiger partial charge >= 0.3 is 0 Å². The number of aliphatic hydroxyl groups is 2. The summed E-state index contributed by atoms with van der Waals surface area (Å²) in [5, 5.41) is 18.9. The van der Waals surface area contributed by atoms with E-state index in [1.807, 2.05) is 0 Å². The lowest BCUT2D eigenvalue weighted by Gasteiger charge is -2.15. The van der Waals surface area contributed by atoms with Crippen molar-refractivity contribution < 1.29 is 10.2 Å². The second-order valence-electron chi connectivity index (χ2n) is 2.83. The van der Waals surface area contributed by atoms with Crippen LogP contribution in [0.3, 0.4) is 0 Å². The van der Waals surface area contributed by atoms with Crippen molar-refractivity contribution in [2.24, 2.45) is 0 Å². The number of rotatable bonds is 4. The molecule has 0 radical (unpaired) electrons. The number of aliphatic hydroxyl groups excluding tert-OH is 2. The summed E-state index contributed by atoms with van der Waals surface area (Å²) in [6.45, 7) is 0. The van der Waals surface area contributed by atoms with Gasteiger partial charge in [0.15, 0.2) is 0 Å². The van der Waals surface area contributed by atoms with Gasteiger partial charge < -0.3 is 15.2 Å². The zero-order valence-electron chi connectivity index (χ0n) is 7.35. The summed E-state index contributed by atoms with van der Waals surface area (Å²) in [6.07, 6.45) is 0.497. The molecule has 14 heavy (non-hydrogen) atoms. The zero-order chi connectivity index (χ0) is 10.6. The molecule has 6 heteroatoms. The van der Waals surface area contributed by atoms with Gasteiger partial charge in [-0.2, -0.15) is 0 Å². The number of aromatic amines is 1. The number of alkyl halides is 1.